The molecule has 6 heteroatoms. The SMILES string of the molecule is CC(=O)N1N=C(c2ccc(F)cc2)O[C@@H]1c1ccccc1Br. The third-order valence-electron chi connectivity index (χ3n) is 3.23. The summed E-state index contributed by atoms with van der Waals surface area (Å²) < 4.78 is 19.7. The fourth-order valence-corrected chi connectivity index (χ4v) is 2.63. The minimum absolute atomic E-state index is 0.238. The smallest absolute Gasteiger partial charge is 0.243 e. The van der Waals surface area contributed by atoms with E-state index in [9.17, 15) is 9.18 Å². The van der Waals surface area contributed by atoms with E-state index in [2.05, 4.69) is 21.0 Å². The molecule has 0 radical (unpaired) electrons. The Morgan fingerprint density at radius 1 is 1.23 bits per heavy atom. The van der Waals surface area contributed by atoms with Crippen molar-refractivity contribution in [2.45, 2.75) is 13.2 Å². The van der Waals surface area contributed by atoms with E-state index in [0.29, 0.717) is 5.56 Å². The van der Waals surface area contributed by atoms with Crippen molar-refractivity contribution in [1.82, 2.24) is 5.01 Å². The molecule has 1 heterocycles. The number of hydrogen-bond acceptors (Lipinski definition) is 3. The summed E-state index contributed by atoms with van der Waals surface area (Å²) in [6, 6.07) is 13.2. The van der Waals surface area contributed by atoms with Crippen LogP contribution >= 0.6 is 15.9 Å². The van der Waals surface area contributed by atoms with Crippen LogP contribution in [0.15, 0.2) is 58.1 Å². The van der Waals surface area contributed by atoms with Gasteiger partial charge in [-0.15, -0.1) is 5.10 Å². The molecule has 3 rings (SSSR count). The molecule has 112 valence electrons. The first-order valence-electron chi connectivity index (χ1n) is 6.61. The summed E-state index contributed by atoms with van der Waals surface area (Å²) in [5, 5.41) is 5.50. The molecule has 0 saturated heterocycles. The molecular formula is C16H12BrFN2O2. The Balaban J connectivity index is 1.96. The molecule has 1 amide bonds. The van der Waals surface area contributed by atoms with Gasteiger partial charge in [0, 0.05) is 22.5 Å². The highest BCUT2D eigenvalue weighted by Crippen LogP contribution is 2.34. The van der Waals surface area contributed by atoms with Gasteiger partial charge in [-0.25, -0.2) is 4.39 Å². The summed E-state index contributed by atoms with van der Waals surface area (Å²) in [5.74, 6) is -0.290. The van der Waals surface area contributed by atoms with Gasteiger partial charge in [-0.05, 0) is 30.3 Å². The molecule has 0 unspecified atom stereocenters. The molecule has 0 N–H and O–H groups in total. The monoisotopic (exact) mass is 362 g/mol. The summed E-state index contributed by atoms with van der Waals surface area (Å²) in [6.07, 6.45) is -0.645. The molecule has 1 atom stereocenters. The van der Waals surface area contributed by atoms with Crippen LogP contribution in [0.4, 0.5) is 4.39 Å². The zero-order valence-corrected chi connectivity index (χ0v) is 13.2. The number of hydrazone groups is 1. The summed E-state index contributed by atoms with van der Waals surface area (Å²) in [7, 11) is 0. The zero-order valence-electron chi connectivity index (χ0n) is 11.7. The number of rotatable bonds is 2. The van der Waals surface area contributed by atoms with Crippen molar-refractivity contribution in [2.75, 3.05) is 0 Å². The van der Waals surface area contributed by atoms with Gasteiger partial charge in [0.2, 0.25) is 18.0 Å². The number of carbonyl (C=O) groups excluding carboxylic acids is 1. The van der Waals surface area contributed by atoms with Gasteiger partial charge in [0.25, 0.3) is 0 Å². The molecule has 0 saturated carbocycles. The summed E-state index contributed by atoms with van der Waals surface area (Å²) >= 11 is 3.45. The van der Waals surface area contributed by atoms with Crippen LogP contribution in [0.3, 0.4) is 0 Å². The summed E-state index contributed by atoms with van der Waals surface area (Å²) in [6.45, 7) is 1.42. The molecular weight excluding hydrogens is 351 g/mol. The van der Waals surface area contributed by atoms with Gasteiger partial charge in [0.15, 0.2) is 0 Å². The number of benzene rings is 2. The minimum atomic E-state index is -0.645. The maximum absolute atomic E-state index is 13.0. The average Bonchev–Trinajstić information content (AvgIpc) is 2.93. The predicted octanol–water partition coefficient (Wildman–Crippen LogP) is 3.83. The van der Waals surface area contributed by atoms with Gasteiger partial charge >= 0.3 is 0 Å². The molecule has 1 aliphatic heterocycles. The Bertz CT molecular complexity index is 746. The van der Waals surface area contributed by atoms with E-state index in [1.807, 2.05) is 24.3 Å². The quantitative estimate of drug-likeness (QED) is 0.814. The molecule has 0 fully saturated rings. The van der Waals surface area contributed by atoms with Gasteiger partial charge in [-0.2, -0.15) is 5.01 Å². The number of ether oxygens (including phenoxy) is 1. The van der Waals surface area contributed by atoms with Crippen LogP contribution in [-0.2, 0) is 9.53 Å². The van der Waals surface area contributed by atoms with E-state index in [1.54, 1.807) is 12.1 Å². The molecule has 2 aromatic rings. The number of carbonyl (C=O) groups is 1. The van der Waals surface area contributed by atoms with E-state index in [1.165, 1.54) is 24.1 Å². The minimum Gasteiger partial charge on any atom is -0.446 e. The van der Waals surface area contributed by atoms with Crippen molar-refractivity contribution in [2.24, 2.45) is 5.10 Å². The highest BCUT2D eigenvalue weighted by atomic mass is 79.9. The Morgan fingerprint density at radius 3 is 2.55 bits per heavy atom. The molecule has 4 nitrogen and oxygen atoms in total. The van der Waals surface area contributed by atoms with Crippen LogP contribution in [0, 0.1) is 5.82 Å². The molecule has 0 bridgehead atoms. The predicted molar refractivity (Wildman–Crippen MR) is 83.4 cm³/mol. The van der Waals surface area contributed by atoms with Crippen LogP contribution in [0.2, 0.25) is 0 Å². The number of halogens is 2. The lowest BCUT2D eigenvalue weighted by atomic mass is 10.2. The maximum Gasteiger partial charge on any atom is 0.243 e. The summed E-state index contributed by atoms with van der Waals surface area (Å²) in [4.78, 5) is 11.8. The lowest BCUT2D eigenvalue weighted by Crippen LogP contribution is -2.25. The van der Waals surface area contributed by atoms with Crippen LogP contribution < -0.4 is 0 Å². The van der Waals surface area contributed by atoms with E-state index in [-0.39, 0.29) is 17.6 Å². The lowest BCUT2D eigenvalue weighted by molar-refractivity contribution is -0.135. The molecule has 1 aliphatic rings. The van der Waals surface area contributed by atoms with Crippen molar-refractivity contribution in [3.63, 3.8) is 0 Å². The first-order chi connectivity index (χ1) is 10.6. The highest BCUT2D eigenvalue weighted by Gasteiger charge is 2.34. The van der Waals surface area contributed by atoms with Crippen LogP contribution in [0.5, 0.6) is 0 Å². The zero-order chi connectivity index (χ0) is 15.7. The summed E-state index contributed by atoms with van der Waals surface area (Å²) in [5.41, 5.74) is 1.40. The fraction of sp³-hybridized carbons (Fsp3) is 0.125. The Morgan fingerprint density at radius 2 is 1.91 bits per heavy atom. The normalized spacial score (nSPS) is 17.1. The third kappa shape index (κ3) is 2.74. The molecule has 0 aliphatic carbocycles. The topological polar surface area (TPSA) is 41.9 Å². The van der Waals surface area contributed by atoms with Gasteiger partial charge in [0.1, 0.15) is 5.82 Å². The van der Waals surface area contributed by atoms with E-state index in [0.717, 1.165) is 10.0 Å². The van der Waals surface area contributed by atoms with Gasteiger partial charge in [0.05, 0.1) is 0 Å². The van der Waals surface area contributed by atoms with Gasteiger partial charge in [-0.1, -0.05) is 34.1 Å². The van der Waals surface area contributed by atoms with Crippen molar-refractivity contribution in [3.8, 4) is 0 Å². The highest BCUT2D eigenvalue weighted by molar-refractivity contribution is 9.10. The Labute approximate surface area is 135 Å². The van der Waals surface area contributed by atoms with Crippen molar-refractivity contribution in [1.29, 1.82) is 0 Å². The van der Waals surface area contributed by atoms with Crippen molar-refractivity contribution in [3.05, 3.63) is 69.9 Å². The first kappa shape index (κ1) is 14.7. The van der Waals surface area contributed by atoms with Crippen molar-refractivity contribution >= 4 is 27.7 Å². The van der Waals surface area contributed by atoms with E-state index < -0.39 is 6.23 Å². The second-order valence-electron chi connectivity index (χ2n) is 4.77. The lowest BCUT2D eigenvalue weighted by Gasteiger charge is -2.20. The average molecular weight is 363 g/mol. The van der Waals surface area contributed by atoms with Crippen LogP contribution in [-0.4, -0.2) is 16.8 Å². The molecule has 0 spiro atoms. The number of amides is 1. The number of nitrogens with zero attached hydrogens (tertiary/aromatic N) is 2. The first-order valence-corrected chi connectivity index (χ1v) is 7.41. The van der Waals surface area contributed by atoms with Crippen molar-refractivity contribution < 1.29 is 13.9 Å². The van der Waals surface area contributed by atoms with Crippen LogP contribution in [0.25, 0.3) is 0 Å². The second-order valence-corrected chi connectivity index (χ2v) is 5.62. The fourth-order valence-electron chi connectivity index (χ4n) is 2.15. The molecule has 22 heavy (non-hydrogen) atoms. The number of hydrogen-bond donors (Lipinski definition) is 0. The van der Waals surface area contributed by atoms with Gasteiger partial charge in [-0.3, -0.25) is 4.79 Å². The molecule has 0 aromatic heterocycles. The maximum atomic E-state index is 13.0. The standard InChI is InChI=1S/C16H12BrFN2O2/c1-10(21)20-16(13-4-2-3-5-14(13)17)22-15(19-20)11-6-8-12(18)9-7-11/h2-9,16H,1H3/t16-/m1/s1. The Kier molecular flexibility index (Phi) is 3.94. The Hall–Kier alpha value is -2.21. The van der Waals surface area contributed by atoms with Crippen LogP contribution in [0.1, 0.15) is 24.3 Å². The molecule has 2 aromatic carbocycles. The van der Waals surface area contributed by atoms with Gasteiger partial charge < -0.3 is 4.74 Å². The van der Waals surface area contributed by atoms with E-state index in [4.69, 9.17) is 4.74 Å². The van der Waals surface area contributed by atoms with E-state index >= 15 is 0 Å². The largest absolute Gasteiger partial charge is 0.446 e. The second kappa shape index (κ2) is 5.88. The third-order valence-corrected chi connectivity index (χ3v) is 3.95.